The van der Waals surface area contributed by atoms with Crippen LogP contribution in [0.25, 0.3) is 0 Å². The van der Waals surface area contributed by atoms with E-state index in [4.69, 9.17) is 0 Å². The molecule has 0 aliphatic carbocycles. The normalized spacial score (nSPS) is 9.85. The van der Waals surface area contributed by atoms with Gasteiger partial charge in [0.25, 0.3) is 0 Å². The maximum Gasteiger partial charge on any atom is 0.0752 e. The minimum atomic E-state index is 0.939. The summed E-state index contributed by atoms with van der Waals surface area (Å²) < 4.78 is 1.81. The van der Waals surface area contributed by atoms with Gasteiger partial charge in [0.1, 0.15) is 0 Å². The molecule has 0 aliphatic heterocycles. The first kappa shape index (κ1) is 9.84. The third-order valence-corrected chi connectivity index (χ3v) is 1.91. The minimum Gasteiger partial charge on any atom is -0.368 e. The summed E-state index contributed by atoms with van der Waals surface area (Å²) in [6.07, 6.45) is 6.09. The summed E-state index contributed by atoms with van der Waals surface area (Å²) in [6.45, 7) is 5.15. The van der Waals surface area contributed by atoms with Gasteiger partial charge in [-0.2, -0.15) is 5.10 Å². The summed E-state index contributed by atoms with van der Waals surface area (Å²) in [6, 6.07) is 0. The van der Waals surface area contributed by atoms with Crippen LogP contribution in [0.2, 0.25) is 0 Å². The zero-order chi connectivity index (χ0) is 9.84. The second-order valence-corrected chi connectivity index (χ2v) is 3.53. The summed E-state index contributed by atoms with van der Waals surface area (Å²) in [5.74, 6) is 0. The van der Waals surface area contributed by atoms with E-state index in [1.54, 1.807) is 0 Å². The van der Waals surface area contributed by atoms with E-state index in [1.807, 2.05) is 24.1 Å². The number of allylic oxidation sites excluding steroid dienone is 1. The molecule has 0 aromatic carbocycles. The fourth-order valence-electron chi connectivity index (χ4n) is 1.03. The molecule has 0 amide bonds. The van der Waals surface area contributed by atoms with E-state index < -0.39 is 0 Å². The van der Waals surface area contributed by atoms with Crippen LogP contribution in [0.15, 0.2) is 24.0 Å². The molecule has 0 saturated carbocycles. The molecule has 0 N–H and O–H groups in total. The van der Waals surface area contributed by atoms with Gasteiger partial charge in [-0.05, 0) is 13.8 Å². The molecule has 0 spiro atoms. The number of nitrogens with zero attached hydrogens (tertiary/aromatic N) is 3. The van der Waals surface area contributed by atoms with Gasteiger partial charge in [0.05, 0.1) is 11.9 Å². The van der Waals surface area contributed by atoms with Crippen LogP contribution >= 0.6 is 0 Å². The van der Waals surface area contributed by atoms with Crippen LogP contribution in [-0.4, -0.2) is 23.4 Å². The molecule has 3 heteroatoms. The first-order valence-corrected chi connectivity index (χ1v) is 4.42. The summed E-state index contributed by atoms with van der Waals surface area (Å²) in [4.78, 5) is 2.17. The molecule has 0 atom stereocenters. The Labute approximate surface area is 79.7 Å². The molecule has 0 radical (unpaired) electrons. The molecular formula is C10H17N3. The van der Waals surface area contributed by atoms with Crippen molar-refractivity contribution >= 4 is 5.69 Å². The zero-order valence-corrected chi connectivity index (χ0v) is 8.78. The van der Waals surface area contributed by atoms with Gasteiger partial charge in [-0.25, -0.2) is 0 Å². The first-order valence-electron chi connectivity index (χ1n) is 4.42. The van der Waals surface area contributed by atoms with Crippen molar-refractivity contribution in [3.05, 3.63) is 24.0 Å². The van der Waals surface area contributed by atoms with E-state index in [0.29, 0.717) is 0 Å². The Balaban J connectivity index is 2.58. The quantitative estimate of drug-likeness (QED) is 0.660. The predicted octanol–water partition coefficient (Wildman–Crippen LogP) is 1.82. The van der Waals surface area contributed by atoms with Gasteiger partial charge in [-0.1, -0.05) is 11.6 Å². The van der Waals surface area contributed by atoms with Gasteiger partial charge < -0.3 is 4.90 Å². The topological polar surface area (TPSA) is 21.1 Å². The largest absolute Gasteiger partial charge is 0.368 e. The lowest BCUT2D eigenvalue weighted by atomic mass is 10.3. The summed E-state index contributed by atoms with van der Waals surface area (Å²) in [5, 5.41) is 4.12. The van der Waals surface area contributed by atoms with Crippen LogP contribution in [0.1, 0.15) is 13.8 Å². The van der Waals surface area contributed by atoms with Crippen LogP contribution < -0.4 is 4.90 Å². The van der Waals surface area contributed by atoms with Crippen molar-refractivity contribution in [2.45, 2.75) is 13.8 Å². The average molecular weight is 179 g/mol. The van der Waals surface area contributed by atoms with E-state index in [2.05, 4.69) is 37.0 Å². The van der Waals surface area contributed by atoms with Gasteiger partial charge in [-0.15, -0.1) is 0 Å². The number of anilines is 1. The summed E-state index contributed by atoms with van der Waals surface area (Å²) >= 11 is 0. The molecule has 3 nitrogen and oxygen atoms in total. The van der Waals surface area contributed by atoms with Crippen molar-refractivity contribution < 1.29 is 0 Å². The van der Waals surface area contributed by atoms with Gasteiger partial charge in [-0.3, -0.25) is 4.68 Å². The lowest BCUT2D eigenvalue weighted by Crippen LogP contribution is -2.16. The maximum atomic E-state index is 4.12. The van der Waals surface area contributed by atoms with Crippen molar-refractivity contribution in [1.29, 1.82) is 0 Å². The Morgan fingerprint density at radius 2 is 2.31 bits per heavy atom. The van der Waals surface area contributed by atoms with Crippen LogP contribution in [-0.2, 0) is 7.05 Å². The molecule has 1 rings (SSSR count). The molecule has 0 fully saturated rings. The zero-order valence-electron chi connectivity index (χ0n) is 8.78. The van der Waals surface area contributed by atoms with E-state index in [1.165, 1.54) is 5.57 Å². The monoisotopic (exact) mass is 179 g/mol. The highest BCUT2D eigenvalue weighted by Crippen LogP contribution is 2.09. The Bertz CT molecular complexity index is 295. The molecule has 0 saturated heterocycles. The van der Waals surface area contributed by atoms with Gasteiger partial charge in [0.2, 0.25) is 0 Å². The predicted molar refractivity (Wildman–Crippen MR) is 55.9 cm³/mol. The minimum absolute atomic E-state index is 0.939. The summed E-state index contributed by atoms with van der Waals surface area (Å²) in [5.41, 5.74) is 2.50. The summed E-state index contributed by atoms with van der Waals surface area (Å²) in [7, 11) is 3.99. The van der Waals surface area contributed by atoms with Crippen molar-refractivity contribution in [1.82, 2.24) is 9.78 Å². The Hall–Kier alpha value is -1.25. The Morgan fingerprint density at radius 3 is 2.77 bits per heavy atom. The van der Waals surface area contributed by atoms with Crippen molar-refractivity contribution in [3.8, 4) is 0 Å². The SMILES string of the molecule is CC(C)=CCN(C)c1cnn(C)c1. The molecule has 72 valence electrons. The van der Waals surface area contributed by atoms with E-state index in [0.717, 1.165) is 12.2 Å². The van der Waals surface area contributed by atoms with Crippen molar-refractivity contribution in [2.24, 2.45) is 7.05 Å². The molecule has 0 aliphatic rings. The molecule has 13 heavy (non-hydrogen) atoms. The first-order chi connectivity index (χ1) is 6.09. The van der Waals surface area contributed by atoms with Gasteiger partial charge in [0, 0.05) is 26.8 Å². The smallest absolute Gasteiger partial charge is 0.0752 e. The molecule has 1 heterocycles. The highest BCUT2D eigenvalue weighted by molar-refractivity contribution is 5.41. The lowest BCUT2D eigenvalue weighted by Gasteiger charge is -2.14. The van der Waals surface area contributed by atoms with Crippen LogP contribution in [0.5, 0.6) is 0 Å². The fraction of sp³-hybridized carbons (Fsp3) is 0.500. The highest BCUT2D eigenvalue weighted by Gasteiger charge is 1.99. The lowest BCUT2D eigenvalue weighted by molar-refractivity contribution is 0.767. The standard InChI is InChI=1S/C10H17N3/c1-9(2)5-6-12(3)10-7-11-13(4)8-10/h5,7-8H,6H2,1-4H3. The second-order valence-electron chi connectivity index (χ2n) is 3.53. The van der Waals surface area contributed by atoms with Crippen molar-refractivity contribution in [2.75, 3.05) is 18.5 Å². The second kappa shape index (κ2) is 4.12. The van der Waals surface area contributed by atoms with Crippen molar-refractivity contribution in [3.63, 3.8) is 0 Å². The fourth-order valence-corrected chi connectivity index (χ4v) is 1.03. The average Bonchev–Trinajstić information content (AvgIpc) is 2.47. The third kappa shape index (κ3) is 2.93. The highest BCUT2D eigenvalue weighted by atomic mass is 15.3. The number of likely N-dealkylation sites (N-methyl/N-ethyl adjacent to an activating group) is 1. The van der Waals surface area contributed by atoms with Gasteiger partial charge in [0.15, 0.2) is 0 Å². The molecule has 0 unspecified atom stereocenters. The van der Waals surface area contributed by atoms with E-state index in [-0.39, 0.29) is 0 Å². The number of aryl methyl sites for hydroxylation is 1. The molecular weight excluding hydrogens is 162 g/mol. The maximum absolute atomic E-state index is 4.12. The molecule has 1 aromatic heterocycles. The molecule has 1 aromatic rings. The number of hydrogen-bond acceptors (Lipinski definition) is 2. The van der Waals surface area contributed by atoms with Crippen LogP contribution in [0.4, 0.5) is 5.69 Å². The van der Waals surface area contributed by atoms with Crippen LogP contribution in [0.3, 0.4) is 0 Å². The number of aromatic nitrogens is 2. The number of rotatable bonds is 3. The van der Waals surface area contributed by atoms with Crippen LogP contribution in [0, 0.1) is 0 Å². The Kier molecular flexibility index (Phi) is 3.12. The van der Waals surface area contributed by atoms with E-state index >= 15 is 0 Å². The number of hydrogen-bond donors (Lipinski definition) is 0. The van der Waals surface area contributed by atoms with E-state index in [9.17, 15) is 0 Å². The third-order valence-electron chi connectivity index (χ3n) is 1.91. The Morgan fingerprint density at radius 1 is 1.62 bits per heavy atom. The molecule has 0 bridgehead atoms. The van der Waals surface area contributed by atoms with Gasteiger partial charge >= 0.3 is 0 Å².